The monoisotopic (exact) mass is 446 g/mol. The molecule has 2 amide bonds. The molecule has 3 rings (SSSR count). The highest BCUT2D eigenvalue weighted by atomic mass is 16.6. The third kappa shape index (κ3) is 6.00. The van der Waals surface area contributed by atoms with E-state index in [9.17, 15) is 14.4 Å². The van der Waals surface area contributed by atoms with Crippen molar-refractivity contribution in [3.05, 3.63) is 35.6 Å². The van der Waals surface area contributed by atoms with Gasteiger partial charge in [-0.3, -0.25) is 4.79 Å². The summed E-state index contributed by atoms with van der Waals surface area (Å²) >= 11 is 0. The SMILES string of the molecule is CCOC(=O)N1CCC(NC(=O)COC(=O)c2oc3ccccc3c2COC(C)C)CC1. The number of hydrogen-bond acceptors (Lipinski definition) is 7. The van der Waals surface area contributed by atoms with Crippen LogP contribution in [-0.2, 0) is 25.6 Å². The van der Waals surface area contributed by atoms with E-state index in [-0.39, 0.29) is 30.6 Å². The summed E-state index contributed by atoms with van der Waals surface area (Å²) in [5.41, 5.74) is 1.16. The zero-order chi connectivity index (χ0) is 23.1. The second-order valence-corrected chi connectivity index (χ2v) is 7.87. The van der Waals surface area contributed by atoms with Crippen LogP contribution < -0.4 is 5.32 Å². The van der Waals surface area contributed by atoms with Crippen LogP contribution in [0.4, 0.5) is 4.79 Å². The zero-order valence-corrected chi connectivity index (χ0v) is 18.7. The van der Waals surface area contributed by atoms with Crippen molar-refractivity contribution in [3.8, 4) is 0 Å². The number of nitrogens with zero attached hydrogens (tertiary/aromatic N) is 1. The Morgan fingerprint density at radius 1 is 1.16 bits per heavy atom. The van der Waals surface area contributed by atoms with E-state index < -0.39 is 18.5 Å². The Morgan fingerprint density at radius 3 is 2.56 bits per heavy atom. The molecule has 2 aromatic rings. The lowest BCUT2D eigenvalue weighted by Gasteiger charge is -2.31. The summed E-state index contributed by atoms with van der Waals surface area (Å²) in [6.45, 7) is 6.69. The predicted molar refractivity (Wildman–Crippen MR) is 116 cm³/mol. The smallest absolute Gasteiger partial charge is 0.409 e. The Hall–Kier alpha value is -3.07. The first kappa shape index (κ1) is 23.6. The number of rotatable bonds is 8. The van der Waals surface area contributed by atoms with Gasteiger partial charge >= 0.3 is 12.1 Å². The molecule has 1 aromatic carbocycles. The first-order valence-electron chi connectivity index (χ1n) is 10.9. The van der Waals surface area contributed by atoms with Crippen molar-refractivity contribution < 1.29 is 33.0 Å². The third-order valence-corrected chi connectivity index (χ3v) is 5.17. The highest BCUT2D eigenvalue weighted by molar-refractivity contribution is 5.96. The Labute approximate surface area is 187 Å². The van der Waals surface area contributed by atoms with E-state index in [1.165, 1.54) is 0 Å². The summed E-state index contributed by atoms with van der Waals surface area (Å²) < 4.78 is 21.6. The van der Waals surface area contributed by atoms with Crippen LogP contribution in [0.1, 0.15) is 49.7 Å². The number of amides is 2. The van der Waals surface area contributed by atoms with Crippen molar-refractivity contribution in [1.29, 1.82) is 0 Å². The van der Waals surface area contributed by atoms with Gasteiger partial charge in [0.1, 0.15) is 5.58 Å². The standard InChI is InChI=1S/C23H30N2O7/c1-4-29-23(28)25-11-9-16(10-12-25)24-20(26)14-31-22(27)21-18(13-30-15(2)3)17-7-5-6-8-19(17)32-21/h5-8,15-16H,4,9-14H2,1-3H3,(H,24,26). The van der Waals surface area contributed by atoms with Crippen LogP contribution in [0.25, 0.3) is 11.0 Å². The van der Waals surface area contributed by atoms with Gasteiger partial charge in [0.05, 0.1) is 19.3 Å². The fourth-order valence-electron chi connectivity index (χ4n) is 3.54. The van der Waals surface area contributed by atoms with E-state index in [1.807, 2.05) is 32.0 Å². The topological polar surface area (TPSA) is 107 Å². The van der Waals surface area contributed by atoms with E-state index in [4.69, 9.17) is 18.6 Å². The molecule has 9 heteroatoms. The molecule has 1 aliphatic rings. The average molecular weight is 447 g/mol. The fraction of sp³-hybridized carbons (Fsp3) is 0.522. The van der Waals surface area contributed by atoms with Crippen LogP contribution in [0.3, 0.4) is 0 Å². The number of fused-ring (bicyclic) bond motifs is 1. The van der Waals surface area contributed by atoms with Crippen LogP contribution in [-0.4, -0.2) is 61.3 Å². The first-order chi connectivity index (χ1) is 15.4. The van der Waals surface area contributed by atoms with Crippen molar-refractivity contribution in [2.75, 3.05) is 26.3 Å². The van der Waals surface area contributed by atoms with Crippen molar-refractivity contribution in [2.24, 2.45) is 0 Å². The third-order valence-electron chi connectivity index (χ3n) is 5.17. The number of piperidine rings is 1. The second kappa shape index (κ2) is 11.0. The number of ether oxygens (including phenoxy) is 3. The molecule has 0 spiro atoms. The maximum Gasteiger partial charge on any atom is 0.409 e. The van der Waals surface area contributed by atoms with Gasteiger partial charge < -0.3 is 28.8 Å². The van der Waals surface area contributed by atoms with E-state index in [2.05, 4.69) is 5.32 Å². The minimum Gasteiger partial charge on any atom is -0.450 e. The lowest BCUT2D eigenvalue weighted by Crippen LogP contribution is -2.47. The van der Waals surface area contributed by atoms with Gasteiger partial charge in [0.2, 0.25) is 5.76 Å². The largest absolute Gasteiger partial charge is 0.450 e. The molecule has 1 aliphatic heterocycles. The number of benzene rings is 1. The summed E-state index contributed by atoms with van der Waals surface area (Å²) in [7, 11) is 0. The summed E-state index contributed by atoms with van der Waals surface area (Å²) in [5, 5.41) is 3.62. The molecule has 1 N–H and O–H groups in total. The van der Waals surface area contributed by atoms with Gasteiger partial charge in [0, 0.05) is 30.1 Å². The lowest BCUT2D eigenvalue weighted by atomic mass is 10.1. The van der Waals surface area contributed by atoms with Crippen LogP contribution in [0.5, 0.6) is 0 Å². The molecule has 0 aliphatic carbocycles. The van der Waals surface area contributed by atoms with Crippen LogP contribution in [0.15, 0.2) is 28.7 Å². The Balaban J connectivity index is 1.53. The Bertz CT molecular complexity index is 945. The first-order valence-corrected chi connectivity index (χ1v) is 10.9. The molecule has 0 saturated carbocycles. The van der Waals surface area contributed by atoms with Gasteiger partial charge in [0.25, 0.3) is 5.91 Å². The lowest BCUT2D eigenvalue weighted by molar-refractivity contribution is -0.125. The van der Waals surface area contributed by atoms with Crippen molar-refractivity contribution in [2.45, 2.75) is 52.4 Å². The molecule has 32 heavy (non-hydrogen) atoms. The molecular weight excluding hydrogens is 416 g/mol. The van der Waals surface area contributed by atoms with Gasteiger partial charge in [-0.2, -0.15) is 0 Å². The molecule has 1 fully saturated rings. The highest BCUT2D eigenvalue weighted by Crippen LogP contribution is 2.27. The maximum absolute atomic E-state index is 12.6. The molecule has 2 heterocycles. The number of carbonyl (C=O) groups excluding carboxylic acids is 3. The zero-order valence-electron chi connectivity index (χ0n) is 18.7. The number of likely N-dealkylation sites (tertiary alicyclic amines) is 1. The fourth-order valence-corrected chi connectivity index (χ4v) is 3.54. The molecule has 0 radical (unpaired) electrons. The van der Waals surface area contributed by atoms with E-state index >= 15 is 0 Å². The average Bonchev–Trinajstić information content (AvgIpc) is 3.15. The maximum atomic E-state index is 12.6. The molecule has 174 valence electrons. The van der Waals surface area contributed by atoms with Gasteiger partial charge in [-0.05, 0) is 39.7 Å². The number of carbonyl (C=O) groups is 3. The number of hydrogen-bond donors (Lipinski definition) is 1. The molecule has 1 aromatic heterocycles. The highest BCUT2D eigenvalue weighted by Gasteiger charge is 2.26. The van der Waals surface area contributed by atoms with Crippen molar-refractivity contribution >= 4 is 28.9 Å². The second-order valence-electron chi connectivity index (χ2n) is 7.87. The van der Waals surface area contributed by atoms with Gasteiger partial charge in [-0.25, -0.2) is 9.59 Å². The minimum atomic E-state index is -0.712. The van der Waals surface area contributed by atoms with Crippen molar-refractivity contribution in [1.82, 2.24) is 10.2 Å². The van der Waals surface area contributed by atoms with E-state index in [0.29, 0.717) is 43.7 Å². The molecule has 0 unspecified atom stereocenters. The van der Waals surface area contributed by atoms with Crippen LogP contribution in [0, 0.1) is 0 Å². The Morgan fingerprint density at radius 2 is 1.88 bits per heavy atom. The molecular formula is C23H30N2O7. The summed E-state index contributed by atoms with van der Waals surface area (Å²) in [4.78, 5) is 38.3. The van der Waals surface area contributed by atoms with Gasteiger partial charge in [0.15, 0.2) is 6.61 Å². The van der Waals surface area contributed by atoms with E-state index in [1.54, 1.807) is 17.9 Å². The molecule has 9 nitrogen and oxygen atoms in total. The number of furan rings is 1. The molecule has 0 bridgehead atoms. The number of esters is 1. The predicted octanol–water partition coefficient (Wildman–Crippen LogP) is 3.25. The number of para-hydroxylation sites is 1. The molecule has 0 atom stereocenters. The van der Waals surface area contributed by atoms with Crippen molar-refractivity contribution in [3.63, 3.8) is 0 Å². The van der Waals surface area contributed by atoms with Crippen LogP contribution in [0.2, 0.25) is 0 Å². The number of nitrogens with one attached hydrogen (secondary N) is 1. The quantitative estimate of drug-likeness (QED) is 0.620. The normalized spacial score (nSPS) is 14.6. The molecule has 1 saturated heterocycles. The van der Waals surface area contributed by atoms with Gasteiger partial charge in [-0.15, -0.1) is 0 Å². The van der Waals surface area contributed by atoms with Crippen LogP contribution >= 0.6 is 0 Å². The summed E-state index contributed by atoms with van der Waals surface area (Å²) in [6.07, 6.45) is 0.861. The Kier molecular flexibility index (Phi) is 8.10. The summed E-state index contributed by atoms with van der Waals surface area (Å²) in [5.74, 6) is -1.07. The van der Waals surface area contributed by atoms with Gasteiger partial charge in [-0.1, -0.05) is 18.2 Å². The summed E-state index contributed by atoms with van der Waals surface area (Å²) in [6, 6.07) is 7.19. The minimum absolute atomic E-state index is 0.0199. The van der Waals surface area contributed by atoms with E-state index in [0.717, 1.165) is 5.39 Å².